The van der Waals surface area contributed by atoms with Gasteiger partial charge in [0.1, 0.15) is 5.75 Å². The van der Waals surface area contributed by atoms with E-state index in [4.69, 9.17) is 4.74 Å². The van der Waals surface area contributed by atoms with Gasteiger partial charge in [-0.15, -0.1) is 0 Å². The molecule has 0 spiro atoms. The number of rotatable bonds is 6. The van der Waals surface area contributed by atoms with Crippen LogP contribution in [-0.4, -0.2) is 22.2 Å². The first-order valence-corrected chi connectivity index (χ1v) is 9.38. The average molecular weight is 401 g/mol. The molecule has 4 aromatic rings. The summed E-state index contributed by atoms with van der Waals surface area (Å²) in [7, 11) is 0. The molecule has 3 aromatic carbocycles. The first-order valence-electron chi connectivity index (χ1n) is 9.38. The van der Waals surface area contributed by atoms with Gasteiger partial charge in [0.2, 0.25) is 0 Å². The number of nitrogens with zero attached hydrogens (tertiary/aromatic N) is 1. The van der Waals surface area contributed by atoms with E-state index in [1.54, 1.807) is 31.2 Å². The summed E-state index contributed by atoms with van der Waals surface area (Å²) in [5.74, 6) is -0.0437. The van der Waals surface area contributed by atoms with Crippen molar-refractivity contribution < 1.29 is 14.1 Å². The van der Waals surface area contributed by atoms with E-state index in [9.17, 15) is 9.59 Å². The molecule has 30 heavy (non-hydrogen) atoms. The number of carbonyl (C=O) groups is 1. The Kier molecular flexibility index (Phi) is 5.43. The highest BCUT2D eigenvalue weighted by atomic mass is 16.5. The van der Waals surface area contributed by atoms with Crippen molar-refractivity contribution in [3.63, 3.8) is 0 Å². The van der Waals surface area contributed by atoms with Crippen LogP contribution in [0.5, 0.6) is 5.75 Å². The number of benzene rings is 3. The van der Waals surface area contributed by atoms with Crippen LogP contribution in [0, 0.1) is 0 Å². The smallest absolute Gasteiger partial charge is 0.439 e. The molecule has 1 aromatic heterocycles. The first-order chi connectivity index (χ1) is 14.6. The molecule has 7 nitrogen and oxygen atoms in total. The lowest BCUT2D eigenvalue weighted by Crippen LogP contribution is -2.30. The van der Waals surface area contributed by atoms with Crippen molar-refractivity contribution in [2.75, 3.05) is 5.32 Å². The van der Waals surface area contributed by atoms with E-state index in [-0.39, 0.29) is 5.91 Å². The largest absolute Gasteiger partial charge is 0.481 e. The number of ether oxygens (including phenoxy) is 1. The maximum absolute atomic E-state index is 12.5. The molecule has 0 aliphatic heterocycles. The summed E-state index contributed by atoms with van der Waals surface area (Å²) in [5, 5.41) is 6.45. The average Bonchev–Trinajstić information content (AvgIpc) is 3.21. The van der Waals surface area contributed by atoms with Gasteiger partial charge < -0.3 is 10.1 Å². The zero-order valence-electron chi connectivity index (χ0n) is 16.2. The van der Waals surface area contributed by atoms with Crippen LogP contribution >= 0.6 is 0 Å². The van der Waals surface area contributed by atoms with Crippen LogP contribution in [0.3, 0.4) is 0 Å². The third-order valence-electron chi connectivity index (χ3n) is 4.49. The molecule has 0 radical (unpaired) electrons. The zero-order valence-corrected chi connectivity index (χ0v) is 16.2. The van der Waals surface area contributed by atoms with E-state index in [1.165, 1.54) is 0 Å². The highest BCUT2D eigenvalue weighted by Gasteiger charge is 2.15. The predicted octanol–water partition coefficient (Wildman–Crippen LogP) is 4.10. The van der Waals surface area contributed by atoms with Crippen molar-refractivity contribution in [3.8, 4) is 28.3 Å². The van der Waals surface area contributed by atoms with Crippen molar-refractivity contribution in [1.29, 1.82) is 0 Å². The Morgan fingerprint density at radius 2 is 1.67 bits per heavy atom. The second-order valence-electron chi connectivity index (χ2n) is 6.66. The van der Waals surface area contributed by atoms with Gasteiger partial charge in [0.15, 0.2) is 11.9 Å². The summed E-state index contributed by atoms with van der Waals surface area (Å²) in [6, 6.07) is 24.5. The van der Waals surface area contributed by atoms with Crippen LogP contribution in [0.4, 0.5) is 5.69 Å². The molecule has 4 rings (SSSR count). The predicted molar refractivity (Wildman–Crippen MR) is 113 cm³/mol. The summed E-state index contributed by atoms with van der Waals surface area (Å²) >= 11 is 0. The molecule has 0 bridgehead atoms. The van der Waals surface area contributed by atoms with Gasteiger partial charge in [0.05, 0.1) is 0 Å². The number of carbonyl (C=O) groups excluding carboxylic acids is 1. The third-order valence-corrected chi connectivity index (χ3v) is 4.49. The van der Waals surface area contributed by atoms with Gasteiger partial charge in [0, 0.05) is 11.3 Å². The molecule has 1 amide bonds. The van der Waals surface area contributed by atoms with Crippen LogP contribution < -0.4 is 15.8 Å². The van der Waals surface area contributed by atoms with Gasteiger partial charge in [-0.05, 0) is 42.3 Å². The van der Waals surface area contributed by atoms with E-state index < -0.39 is 11.9 Å². The highest BCUT2D eigenvalue weighted by molar-refractivity contribution is 5.94. The van der Waals surface area contributed by atoms with Gasteiger partial charge in [-0.2, -0.15) is 0 Å². The molecule has 150 valence electrons. The third kappa shape index (κ3) is 4.47. The normalized spacial score (nSPS) is 11.6. The van der Waals surface area contributed by atoms with Crippen molar-refractivity contribution >= 4 is 11.6 Å². The molecule has 0 aliphatic carbocycles. The summed E-state index contributed by atoms with van der Waals surface area (Å²) in [6.45, 7) is 1.68. The van der Waals surface area contributed by atoms with E-state index in [0.717, 1.165) is 11.1 Å². The highest BCUT2D eigenvalue weighted by Crippen LogP contribution is 2.23. The number of H-pyrrole nitrogens is 1. The molecule has 1 heterocycles. The number of hydrogen-bond donors (Lipinski definition) is 2. The fourth-order valence-corrected chi connectivity index (χ4v) is 2.96. The lowest BCUT2D eigenvalue weighted by atomic mass is 10.1. The fourth-order valence-electron chi connectivity index (χ4n) is 2.96. The Hall–Kier alpha value is -4.13. The Balaban J connectivity index is 1.40. The maximum atomic E-state index is 12.5. The van der Waals surface area contributed by atoms with Gasteiger partial charge in [0.25, 0.3) is 5.91 Å². The minimum absolute atomic E-state index is 0.291. The van der Waals surface area contributed by atoms with Crippen LogP contribution in [0.2, 0.25) is 0 Å². The number of amides is 1. The summed E-state index contributed by atoms with van der Waals surface area (Å²) < 4.78 is 10.3. The van der Waals surface area contributed by atoms with Crippen LogP contribution in [0.15, 0.2) is 88.2 Å². The molecular formula is C23H19N3O4. The number of anilines is 1. The molecule has 0 saturated carbocycles. The Morgan fingerprint density at radius 3 is 2.37 bits per heavy atom. The Morgan fingerprint density at radius 1 is 0.967 bits per heavy atom. The fraction of sp³-hybridized carbons (Fsp3) is 0.0870. The number of hydrogen-bond acceptors (Lipinski definition) is 5. The van der Waals surface area contributed by atoms with Crippen molar-refractivity contribution in [3.05, 3.63) is 89.4 Å². The monoisotopic (exact) mass is 401 g/mol. The van der Waals surface area contributed by atoms with Gasteiger partial charge in [-0.1, -0.05) is 59.8 Å². The van der Waals surface area contributed by atoms with Crippen LogP contribution in [-0.2, 0) is 4.79 Å². The summed E-state index contributed by atoms with van der Waals surface area (Å²) in [4.78, 5) is 26.1. The van der Waals surface area contributed by atoms with Crippen molar-refractivity contribution in [1.82, 2.24) is 10.1 Å². The molecule has 2 N–H and O–H groups in total. The quantitative estimate of drug-likeness (QED) is 0.507. The summed E-state index contributed by atoms with van der Waals surface area (Å²) in [5.41, 5.74) is 3.35. The lowest BCUT2D eigenvalue weighted by molar-refractivity contribution is -0.122. The zero-order chi connectivity index (χ0) is 20.9. The van der Waals surface area contributed by atoms with Crippen LogP contribution in [0.1, 0.15) is 6.92 Å². The molecular weight excluding hydrogens is 382 g/mol. The van der Waals surface area contributed by atoms with Crippen molar-refractivity contribution in [2.45, 2.75) is 13.0 Å². The number of nitrogens with one attached hydrogen (secondary N) is 2. The minimum atomic E-state index is -0.705. The molecule has 0 saturated heterocycles. The molecule has 1 unspecified atom stereocenters. The minimum Gasteiger partial charge on any atom is -0.481 e. The second kappa shape index (κ2) is 8.48. The first kappa shape index (κ1) is 19.2. The summed E-state index contributed by atoms with van der Waals surface area (Å²) in [6.07, 6.45) is -0.705. The van der Waals surface area contributed by atoms with Gasteiger partial charge in [-0.3, -0.25) is 14.3 Å². The van der Waals surface area contributed by atoms with E-state index >= 15 is 0 Å². The lowest BCUT2D eigenvalue weighted by Gasteiger charge is -2.15. The van der Waals surface area contributed by atoms with Crippen LogP contribution in [0.25, 0.3) is 22.5 Å². The molecule has 7 heteroatoms. The number of aromatic amines is 1. The molecule has 0 fully saturated rings. The Labute approximate surface area is 172 Å². The molecule has 1 atom stereocenters. The van der Waals surface area contributed by atoms with Crippen molar-refractivity contribution in [2.24, 2.45) is 0 Å². The van der Waals surface area contributed by atoms with E-state index in [0.29, 0.717) is 22.8 Å². The molecule has 0 aliphatic rings. The maximum Gasteiger partial charge on any atom is 0.439 e. The van der Waals surface area contributed by atoms with E-state index in [2.05, 4.69) is 20.0 Å². The standard InChI is InChI=1S/C23H19N3O4/c1-15(29-20-12-10-17(11-13-20)16-6-3-2-4-7-16)22(27)24-19-9-5-8-18(14-19)21-25-23(28)30-26-21/h2-15H,1H3,(H,24,27)(H,25,26,28). The number of aromatic nitrogens is 2. The van der Waals surface area contributed by atoms with Gasteiger partial charge >= 0.3 is 5.76 Å². The van der Waals surface area contributed by atoms with E-state index in [1.807, 2.05) is 54.6 Å². The second-order valence-corrected chi connectivity index (χ2v) is 6.66. The SMILES string of the molecule is CC(Oc1ccc(-c2ccccc2)cc1)C(=O)Nc1cccc(-c2noc(=O)[nH]2)c1. The topological polar surface area (TPSA) is 97.2 Å². The Bertz CT molecular complexity index is 1200. The van der Waals surface area contributed by atoms with Gasteiger partial charge in [-0.25, -0.2) is 4.79 Å².